The van der Waals surface area contributed by atoms with Crippen molar-refractivity contribution in [1.82, 2.24) is 5.32 Å². The number of hydrogen-bond donors (Lipinski definition) is 1. The maximum atomic E-state index is 5.90. The van der Waals surface area contributed by atoms with Crippen LogP contribution >= 0.6 is 11.8 Å². The van der Waals surface area contributed by atoms with E-state index in [1.165, 1.54) is 11.1 Å². The van der Waals surface area contributed by atoms with Crippen molar-refractivity contribution in [3.05, 3.63) is 42.0 Å². The Morgan fingerprint density at radius 1 is 1.53 bits per heavy atom. The Balaban J connectivity index is 1.97. The van der Waals surface area contributed by atoms with E-state index < -0.39 is 0 Å². The first-order valence-electron chi connectivity index (χ1n) is 6.97. The number of rotatable bonds is 6. The predicted octanol–water partition coefficient (Wildman–Crippen LogP) is 3.72. The van der Waals surface area contributed by atoms with E-state index in [-0.39, 0.29) is 0 Å². The summed E-state index contributed by atoms with van der Waals surface area (Å²) in [5, 5.41) is 3.67. The molecule has 1 aromatic rings. The van der Waals surface area contributed by atoms with Crippen LogP contribution in [0.2, 0.25) is 0 Å². The van der Waals surface area contributed by atoms with Gasteiger partial charge < -0.3 is 10.1 Å². The highest BCUT2D eigenvalue weighted by molar-refractivity contribution is 7.99. The van der Waals surface area contributed by atoms with Gasteiger partial charge in [-0.1, -0.05) is 24.3 Å². The average Bonchev–Trinajstić information content (AvgIpc) is 2.62. The van der Waals surface area contributed by atoms with Crippen molar-refractivity contribution in [2.75, 3.05) is 24.7 Å². The normalized spacial score (nSPS) is 18.3. The number of hydrogen-bond acceptors (Lipinski definition) is 3. The highest BCUT2D eigenvalue weighted by atomic mass is 32.2. The summed E-state index contributed by atoms with van der Waals surface area (Å²) in [6, 6.07) is 6.88. The van der Waals surface area contributed by atoms with E-state index in [4.69, 9.17) is 4.74 Å². The number of fused-ring (bicyclic) bond motifs is 1. The summed E-state index contributed by atoms with van der Waals surface area (Å²) >= 11 is 1.92. The Hall–Kier alpha value is -0.930. The molecule has 1 heterocycles. The third-order valence-corrected chi connectivity index (χ3v) is 4.34. The van der Waals surface area contributed by atoms with Crippen molar-refractivity contribution in [3.8, 4) is 5.75 Å². The maximum absolute atomic E-state index is 5.90. The lowest BCUT2D eigenvalue weighted by molar-refractivity contribution is 0.313. The summed E-state index contributed by atoms with van der Waals surface area (Å²) in [6.07, 6.45) is 4.23. The topological polar surface area (TPSA) is 21.3 Å². The highest BCUT2D eigenvalue weighted by Crippen LogP contribution is 2.33. The first-order valence-corrected chi connectivity index (χ1v) is 8.12. The van der Waals surface area contributed by atoms with Gasteiger partial charge >= 0.3 is 0 Å². The second-order valence-electron chi connectivity index (χ2n) is 4.85. The summed E-state index contributed by atoms with van der Waals surface area (Å²) in [5.41, 5.74) is 2.57. The number of thioether (sulfide) groups is 1. The maximum Gasteiger partial charge on any atom is 0.126 e. The predicted molar refractivity (Wildman–Crippen MR) is 84.2 cm³/mol. The number of benzene rings is 1. The molecule has 0 bridgehead atoms. The molecule has 2 rings (SSSR count). The van der Waals surface area contributed by atoms with Crippen molar-refractivity contribution >= 4 is 11.8 Å². The quantitative estimate of drug-likeness (QED) is 0.632. The second-order valence-corrected chi connectivity index (χ2v) is 6.00. The first kappa shape index (κ1) is 14.5. The van der Waals surface area contributed by atoms with Gasteiger partial charge in [0.25, 0.3) is 0 Å². The van der Waals surface area contributed by atoms with Crippen LogP contribution in [0.3, 0.4) is 0 Å². The molecule has 0 fully saturated rings. The van der Waals surface area contributed by atoms with Crippen LogP contribution in [-0.2, 0) is 0 Å². The van der Waals surface area contributed by atoms with E-state index in [1.54, 1.807) is 0 Å². The van der Waals surface area contributed by atoms with Gasteiger partial charge in [0.15, 0.2) is 0 Å². The number of aryl methyl sites for hydroxylation is 1. The van der Waals surface area contributed by atoms with Crippen molar-refractivity contribution < 1.29 is 4.74 Å². The third kappa shape index (κ3) is 4.02. The Morgan fingerprint density at radius 3 is 3.26 bits per heavy atom. The fraction of sp³-hybridized carbons (Fsp3) is 0.500. The fourth-order valence-electron chi connectivity index (χ4n) is 2.45. The van der Waals surface area contributed by atoms with Crippen molar-refractivity contribution in [1.29, 1.82) is 0 Å². The lowest BCUT2D eigenvalue weighted by Crippen LogP contribution is -2.23. The van der Waals surface area contributed by atoms with E-state index >= 15 is 0 Å². The molecule has 0 saturated heterocycles. The van der Waals surface area contributed by atoms with E-state index in [2.05, 4.69) is 37.0 Å². The molecular formula is C16H23NOS. The minimum atomic E-state index is 0.432. The highest BCUT2D eigenvalue weighted by Gasteiger charge is 2.20. The SMILES string of the molecule is C=CCSCCNC1CCCOc2c(C)cccc21. The van der Waals surface area contributed by atoms with Crippen LogP contribution in [0.5, 0.6) is 5.75 Å². The van der Waals surface area contributed by atoms with E-state index in [9.17, 15) is 0 Å². The summed E-state index contributed by atoms with van der Waals surface area (Å²) in [4.78, 5) is 0. The third-order valence-electron chi connectivity index (χ3n) is 3.37. The summed E-state index contributed by atoms with van der Waals surface area (Å²) in [5.74, 6) is 3.26. The molecule has 0 amide bonds. The zero-order valence-corrected chi connectivity index (χ0v) is 12.5. The lowest BCUT2D eigenvalue weighted by Gasteiger charge is -2.19. The molecular weight excluding hydrogens is 254 g/mol. The molecule has 1 atom stereocenters. The van der Waals surface area contributed by atoms with E-state index in [0.717, 1.165) is 43.2 Å². The first-order chi connectivity index (χ1) is 9.33. The molecule has 1 aromatic carbocycles. The van der Waals surface area contributed by atoms with Gasteiger partial charge in [-0.3, -0.25) is 0 Å². The van der Waals surface area contributed by atoms with Crippen molar-refractivity contribution in [2.45, 2.75) is 25.8 Å². The van der Waals surface area contributed by atoms with Crippen molar-refractivity contribution in [3.63, 3.8) is 0 Å². The van der Waals surface area contributed by atoms with Crippen LogP contribution < -0.4 is 10.1 Å². The van der Waals surface area contributed by atoms with Gasteiger partial charge in [-0.25, -0.2) is 0 Å². The van der Waals surface area contributed by atoms with Crippen molar-refractivity contribution in [2.24, 2.45) is 0 Å². The summed E-state index contributed by atoms with van der Waals surface area (Å²) < 4.78 is 5.90. The smallest absolute Gasteiger partial charge is 0.126 e. The average molecular weight is 277 g/mol. The molecule has 0 radical (unpaired) electrons. The monoisotopic (exact) mass is 277 g/mol. The number of nitrogens with one attached hydrogen (secondary N) is 1. The standard InChI is InChI=1S/C16H23NOS/c1-3-11-19-12-9-17-15-8-5-10-18-16-13(2)6-4-7-14(15)16/h3-4,6-7,15,17H,1,5,8-12H2,2H3. The lowest BCUT2D eigenvalue weighted by atomic mass is 10.00. The molecule has 0 spiro atoms. The van der Waals surface area contributed by atoms with Crippen LogP contribution in [0.15, 0.2) is 30.9 Å². The van der Waals surface area contributed by atoms with Crippen LogP contribution in [0.4, 0.5) is 0 Å². The van der Waals surface area contributed by atoms with Crippen LogP contribution in [0.1, 0.15) is 30.0 Å². The Morgan fingerprint density at radius 2 is 2.42 bits per heavy atom. The number of ether oxygens (including phenoxy) is 1. The van der Waals surface area contributed by atoms with Crippen LogP contribution in [0.25, 0.3) is 0 Å². The molecule has 0 saturated carbocycles. The van der Waals surface area contributed by atoms with Gasteiger partial charge in [0.2, 0.25) is 0 Å². The molecule has 1 unspecified atom stereocenters. The van der Waals surface area contributed by atoms with Crippen LogP contribution in [-0.4, -0.2) is 24.7 Å². The molecule has 1 N–H and O–H groups in total. The molecule has 0 aromatic heterocycles. The zero-order valence-electron chi connectivity index (χ0n) is 11.7. The van der Waals surface area contributed by atoms with Gasteiger partial charge in [0.1, 0.15) is 5.75 Å². The Labute approximate surface area is 120 Å². The molecule has 3 heteroatoms. The minimum absolute atomic E-state index is 0.432. The summed E-state index contributed by atoms with van der Waals surface area (Å²) in [7, 11) is 0. The Kier molecular flexibility index (Phi) is 5.80. The minimum Gasteiger partial charge on any atom is -0.493 e. The molecule has 1 aliphatic heterocycles. The Bertz CT molecular complexity index is 419. The van der Waals surface area contributed by atoms with E-state index in [1.807, 2.05) is 17.8 Å². The summed E-state index contributed by atoms with van der Waals surface area (Å²) in [6.45, 7) is 7.74. The van der Waals surface area contributed by atoms with E-state index in [0.29, 0.717) is 6.04 Å². The van der Waals surface area contributed by atoms with Gasteiger partial charge in [-0.2, -0.15) is 11.8 Å². The van der Waals surface area contributed by atoms with Gasteiger partial charge in [-0.15, -0.1) is 6.58 Å². The van der Waals surface area contributed by atoms with Gasteiger partial charge in [-0.05, 0) is 25.3 Å². The zero-order chi connectivity index (χ0) is 13.5. The van der Waals surface area contributed by atoms with Gasteiger partial charge in [0, 0.05) is 29.7 Å². The van der Waals surface area contributed by atoms with Crippen LogP contribution in [0, 0.1) is 6.92 Å². The largest absolute Gasteiger partial charge is 0.493 e. The van der Waals surface area contributed by atoms with Gasteiger partial charge in [0.05, 0.1) is 6.61 Å². The molecule has 1 aliphatic rings. The molecule has 2 nitrogen and oxygen atoms in total. The molecule has 19 heavy (non-hydrogen) atoms. The molecule has 104 valence electrons. The number of para-hydroxylation sites is 1. The second kappa shape index (κ2) is 7.61. The fourth-order valence-corrected chi connectivity index (χ4v) is 3.04. The molecule has 0 aliphatic carbocycles.